The highest BCUT2D eigenvalue weighted by Crippen LogP contribution is 2.45. The van der Waals surface area contributed by atoms with Crippen molar-refractivity contribution in [2.75, 3.05) is 4.72 Å². The van der Waals surface area contributed by atoms with Crippen LogP contribution < -0.4 is 4.72 Å². The van der Waals surface area contributed by atoms with Crippen molar-refractivity contribution in [3.8, 4) is 0 Å². The maximum absolute atomic E-state index is 14.2. The highest BCUT2D eigenvalue weighted by molar-refractivity contribution is 7.80. The predicted octanol–water partition coefficient (Wildman–Crippen LogP) is 6.98. The molecule has 3 N–H and O–H groups in total. The lowest BCUT2D eigenvalue weighted by Gasteiger charge is -2.20. The summed E-state index contributed by atoms with van der Waals surface area (Å²) in [5.74, 6) is -6.65. The third-order valence-corrected chi connectivity index (χ3v) is 8.18. The van der Waals surface area contributed by atoms with Crippen LogP contribution in [-0.2, 0) is 41.6 Å². The number of alkyl halides is 5. The number of aliphatic carboxylic acids is 1. The van der Waals surface area contributed by atoms with Crippen molar-refractivity contribution in [2.24, 2.45) is 5.92 Å². The average Bonchev–Trinajstić information content (AvgIpc) is 3.62. The van der Waals surface area contributed by atoms with Crippen molar-refractivity contribution in [3.05, 3.63) is 82.4 Å². The molecular formula is C31H37F5N3O5S-. The van der Waals surface area contributed by atoms with E-state index in [1.54, 1.807) is 36.4 Å². The van der Waals surface area contributed by atoms with E-state index in [0.717, 1.165) is 31.2 Å². The Morgan fingerprint density at radius 1 is 1.09 bits per heavy atom. The van der Waals surface area contributed by atoms with Crippen LogP contribution in [0, 0.1) is 12.8 Å². The molecule has 0 bridgehead atoms. The number of aliphatic hydroxyl groups excluding tert-OH is 1. The molecule has 248 valence electrons. The molecule has 0 spiro atoms. The lowest BCUT2D eigenvalue weighted by molar-refractivity contribution is -0.291. The Morgan fingerprint density at radius 2 is 1.69 bits per heavy atom. The fourth-order valence-corrected chi connectivity index (χ4v) is 5.76. The number of carboxylic acid groups (broad SMARTS) is 1. The number of anilines is 1. The number of carbonyl (C=O) groups is 1. The molecular weight excluding hydrogens is 621 g/mol. The molecule has 1 saturated carbocycles. The van der Waals surface area contributed by atoms with Crippen LogP contribution in [0.4, 0.5) is 27.6 Å². The number of unbranched alkanes of at least 4 members (excludes halogenated alkanes) is 1. The number of nitrogens with zero attached hydrogens (tertiary/aromatic N) is 2. The summed E-state index contributed by atoms with van der Waals surface area (Å²) >= 11 is -2.22. The van der Waals surface area contributed by atoms with Crippen LogP contribution in [0.15, 0.2) is 48.5 Å². The Hall–Kier alpha value is -3.36. The van der Waals surface area contributed by atoms with Gasteiger partial charge in [-0.3, -0.25) is 9.00 Å². The SMILES string of the molecule is CCCCc1nc(C(F)(F)C(F)(F)F)c(CO)n1Cc1ccc(C(C(=O)O)C2CCCC2)cc1.Cc1ccc(NS(=O)[O-])cc1. The maximum Gasteiger partial charge on any atom is 0.459 e. The Balaban J connectivity index is 0.000000423. The number of imidazole rings is 1. The number of halogens is 5. The molecule has 0 radical (unpaired) electrons. The number of aryl methyl sites for hydroxylation is 2. The fourth-order valence-electron chi connectivity index (χ4n) is 5.43. The number of hydrogen-bond donors (Lipinski definition) is 3. The molecule has 1 fully saturated rings. The normalized spacial score (nSPS) is 15.3. The quantitative estimate of drug-likeness (QED) is 0.142. The summed E-state index contributed by atoms with van der Waals surface area (Å²) in [6, 6.07) is 13.7. The second kappa shape index (κ2) is 15.8. The summed E-state index contributed by atoms with van der Waals surface area (Å²) in [5, 5.41) is 19.4. The minimum Gasteiger partial charge on any atom is -0.755 e. The topological polar surface area (TPSA) is 128 Å². The van der Waals surface area contributed by atoms with Gasteiger partial charge in [0.1, 0.15) is 11.5 Å². The number of hydrogen-bond acceptors (Lipinski definition) is 5. The lowest BCUT2D eigenvalue weighted by Crippen LogP contribution is -2.35. The Kier molecular flexibility index (Phi) is 12.7. The van der Waals surface area contributed by atoms with Gasteiger partial charge in [-0.25, -0.2) is 4.98 Å². The Labute approximate surface area is 261 Å². The van der Waals surface area contributed by atoms with Crippen LogP contribution >= 0.6 is 0 Å². The van der Waals surface area contributed by atoms with E-state index in [0.29, 0.717) is 29.7 Å². The summed E-state index contributed by atoms with van der Waals surface area (Å²) < 4.78 is 91.2. The van der Waals surface area contributed by atoms with Crippen LogP contribution in [0.2, 0.25) is 0 Å². The summed E-state index contributed by atoms with van der Waals surface area (Å²) in [6.45, 7) is 2.70. The Bertz CT molecular complexity index is 1420. The molecule has 3 aromatic rings. The average molecular weight is 659 g/mol. The van der Waals surface area contributed by atoms with Crippen molar-refractivity contribution >= 4 is 22.9 Å². The first-order valence-corrected chi connectivity index (χ1v) is 15.6. The standard InChI is InChI=1S/C24H29F5N2O3.C7H9NO2S/c1-2-3-8-19-30-21(23(25,26)24(27,28)29)18(14-32)31(19)13-15-9-11-17(12-10-15)20(22(33)34)16-6-4-5-7-16;1-6-2-4-7(5-3-6)8-11(9)10/h9-12,16,20,32H,2-8,13-14H2,1H3,(H,33,34);2-5,8H,1H3,(H,9,10)/p-1. The fraction of sp³-hybridized carbons (Fsp3) is 0.484. The zero-order chi connectivity index (χ0) is 33.4. The molecule has 4 rings (SSSR count). The van der Waals surface area contributed by atoms with Crippen LogP contribution in [0.5, 0.6) is 0 Å². The summed E-state index contributed by atoms with van der Waals surface area (Å²) in [6.07, 6.45) is -0.803. The zero-order valence-corrected chi connectivity index (χ0v) is 25.8. The van der Waals surface area contributed by atoms with Crippen molar-refractivity contribution in [1.29, 1.82) is 0 Å². The molecule has 2 aromatic carbocycles. The summed E-state index contributed by atoms with van der Waals surface area (Å²) in [4.78, 5) is 15.5. The van der Waals surface area contributed by atoms with Gasteiger partial charge < -0.3 is 24.1 Å². The van der Waals surface area contributed by atoms with Crippen LogP contribution in [0.3, 0.4) is 0 Å². The number of rotatable bonds is 12. The highest BCUT2D eigenvalue weighted by Gasteiger charge is 2.61. The molecule has 1 aliphatic carbocycles. The van der Waals surface area contributed by atoms with E-state index in [1.165, 1.54) is 4.57 Å². The minimum atomic E-state index is -5.84. The second-order valence-corrected chi connectivity index (χ2v) is 11.7. The predicted molar refractivity (Wildman–Crippen MR) is 158 cm³/mol. The monoisotopic (exact) mass is 658 g/mol. The van der Waals surface area contributed by atoms with Gasteiger partial charge in [0.2, 0.25) is 0 Å². The molecule has 1 aliphatic rings. The van der Waals surface area contributed by atoms with E-state index in [-0.39, 0.29) is 24.7 Å². The Morgan fingerprint density at radius 3 is 2.18 bits per heavy atom. The van der Waals surface area contributed by atoms with Crippen LogP contribution in [0.25, 0.3) is 0 Å². The van der Waals surface area contributed by atoms with Crippen LogP contribution in [0.1, 0.15) is 85.3 Å². The van der Waals surface area contributed by atoms with Gasteiger partial charge in [-0.1, -0.05) is 68.1 Å². The van der Waals surface area contributed by atoms with E-state index in [1.807, 2.05) is 26.0 Å². The minimum absolute atomic E-state index is 0.0447. The number of nitrogens with one attached hydrogen (secondary N) is 1. The molecule has 2 atom stereocenters. The molecule has 1 heterocycles. The van der Waals surface area contributed by atoms with Crippen LogP contribution in [-0.4, -0.2) is 40.7 Å². The van der Waals surface area contributed by atoms with Gasteiger partial charge in [-0.15, -0.1) is 0 Å². The zero-order valence-electron chi connectivity index (χ0n) is 24.9. The molecule has 0 aliphatic heterocycles. The van der Waals surface area contributed by atoms with Gasteiger partial charge in [-0.05, 0) is 55.4 Å². The van der Waals surface area contributed by atoms with Crippen molar-refractivity contribution in [2.45, 2.75) is 90.0 Å². The van der Waals surface area contributed by atoms with Gasteiger partial charge in [0, 0.05) is 29.9 Å². The summed E-state index contributed by atoms with van der Waals surface area (Å²) in [5.41, 5.74) is 0.845. The number of aliphatic hydroxyl groups is 1. The van der Waals surface area contributed by atoms with Gasteiger partial charge in [-0.2, -0.15) is 22.0 Å². The number of benzene rings is 2. The molecule has 45 heavy (non-hydrogen) atoms. The first-order chi connectivity index (χ1) is 21.2. The smallest absolute Gasteiger partial charge is 0.459 e. The van der Waals surface area contributed by atoms with E-state index in [2.05, 4.69) is 9.71 Å². The van der Waals surface area contributed by atoms with Gasteiger partial charge in [0.25, 0.3) is 0 Å². The molecule has 14 heteroatoms. The van der Waals surface area contributed by atoms with E-state index >= 15 is 0 Å². The second-order valence-electron chi connectivity index (χ2n) is 11.0. The number of carboxylic acids is 1. The van der Waals surface area contributed by atoms with Gasteiger partial charge >= 0.3 is 18.1 Å². The van der Waals surface area contributed by atoms with E-state index in [9.17, 15) is 45.7 Å². The van der Waals surface area contributed by atoms with Crippen molar-refractivity contribution < 1.29 is 45.7 Å². The van der Waals surface area contributed by atoms with Gasteiger partial charge in [0.05, 0.1) is 18.2 Å². The molecule has 2 unspecified atom stereocenters. The van der Waals surface area contributed by atoms with E-state index in [4.69, 9.17) is 0 Å². The van der Waals surface area contributed by atoms with E-state index < -0.39 is 53.2 Å². The number of aromatic nitrogens is 2. The highest BCUT2D eigenvalue weighted by atomic mass is 32.2. The first-order valence-electron chi connectivity index (χ1n) is 14.6. The third-order valence-electron chi connectivity index (χ3n) is 7.78. The molecule has 1 aromatic heterocycles. The summed E-state index contributed by atoms with van der Waals surface area (Å²) in [7, 11) is 0. The molecule has 8 nitrogen and oxygen atoms in total. The molecule has 0 amide bonds. The van der Waals surface area contributed by atoms with Crippen molar-refractivity contribution in [1.82, 2.24) is 9.55 Å². The third kappa shape index (κ3) is 9.33. The molecule has 0 saturated heterocycles. The van der Waals surface area contributed by atoms with Gasteiger partial charge in [0.15, 0.2) is 0 Å². The largest absolute Gasteiger partial charge is 0.755 e. The lowest BCUT2D eigenvalue weighted by atomic mass is 9.84. The van der Waals surface area contributed by atoms with Crippen molar-refractivity contribution in [3.63, 3.8) is 0 Å². The maximum atomic E-state index is 14.2. The first kappa shape index (κ1) is 36.1.